The van der Waals surface area contributed by atoms with Gasteiger partial charge in [-0.3, -0.25) is 4.79 Å². The van der Waals surface area contributed by atoms with E-state index in [0.29, 0.717) is 39.0 Å². The lowest BCUT2D eigenvalue weighted by molar-refractivity contribution is -0.166. The first-order valence-electron chi connectivity index (χ1n) is 6.00. The van der Waals surface area contributed by atoms with E-state index in [2.05, 4.69) is 5.32 Å². The second-order valence-corrected chi connectivity index (χ2v) is 4.65. The van der Waals surface area contributed by atoms with E-state index in [0.717, 1.165) is 12.8 Å². The number of hydrogen-bond acceptors (Lipinski definition) is 2. The Balaban J connectivity index is 2.00. The molecule has 1 aliphatic heterocycles. The number of nitrogens with one attached hydrogen (secondary N) is 1. The molecule has 1 saturated heterocycles. The Kier molecular flexibility index (Phi) is 3.42. The van der Waals surface area contributed by atoms with E-state index in [9.17, 15) is 13.6 Å². The number of amides is 1. The molecule has 0 bridgehead atoms. The molecule has 16 heavy (non-hydrogen) atoms. The van der Waals surface area contributed by atoms with Gasteiger partial charge in [-0.2, -0.15) is 8.78 Å². The van der Waals surface area contributed by atoms with Crippen molar-refractivity contribution in [2.75, 3.05) is 26.2 Å². The van der Waals surface area contributed by atoms with E-state index < -0.39 is 17.7 Å². The SMILES string of the molecule is O=C(N1CCNCC1)C(F)(F)C1CCCC1. The third kappa shape index (κ3) is 2.19. The molecule has 0 aromatic heterocycles. The topological polar surface area (TPSA) is 32.3 Å². The highest BCUT2D eigenvalue weighted by Crippen LogP contribution is 2.39. The number of piperazine rings is 1. The van der Waals surface area contributed by atoms with Gasteiger partial charge in [-0.05, 0) is 12.8 Å². The van der Waals surface area contributed by atoms with Crippen molar-refractivity contribution < 1.29 is 13.6 Å². The van der Waals surface area contributed by atoms with Gasteiger partial charge in [0.05, 0.1) is 0 Å². The second kappa shape index (κ2) is 4.65. The van der Waals surface area contributed by atoms with Crippen LogP contribution in [0.1, 0.15) is 25.7 Å². The molecule has 0 aromatic carbocycles. The average Bonchev–Trinajstić information content (AvgIpc) is 2.83. The van der Waals surface area contributed by atoms with E-state index in [4.69, 9.17) is 0 Å². The maximum atomic E-state index is 13.9. The highest BCUT2D eigenvalue weighted by Gasteiger charge is 2.49. The minimum Gasteiger partial charge on any atom is -0.335 e. The number of nitrogens with zero attached hydrogens (tertiary/aromatic N) is 1. The van der Waals surface area contributed by atoms with E-state index in [1.807, 2.05) is 0 Å². The molecule has 1 N–H and O–H groups in total. The first-order chi connectivity index (χ1) is 7.62. The van der Waals surface area contributed by atoms with E-state index in [-0.39, 0.29) is 0 Å². The smallest absolute Gasteiger partial charge is 0.327 e. The minimum atomic E-state index is -3.14. The molecule has 1 saturated carbocycles. The molecule has 0 aromatic rings. The van der Waals surface area contributed by atoms with Crippen molar-refractivity contribution >= 4 is 5.91 Å². The van der Waals surface area contributed by atoms with Crippen LogP contribution < -0.4 is 5.32 Å². The summed E-state index contributed by atoms with van der Waals surface area (Å²) in [4.78, 5) is 13.1. The molecule has 5 heteroatoms. The summed E-state index contributed by atoms with van der Waals surface area (Å²) in [5.74, 6) is -4.83. The summed E-state index contributed by atoms with van der Waals surface area (Å²) in [5, 5.41) is 3.05. The predicted molar refractivity (Wildman–Crippen MR) is 56.4 cm³/mol. The molecule has 1 heterocycles. The Morgan fingerprint density at radius 3 is 2.31 bits per heavy atom. The van der Waals surface area contributed by atoms with Crippen LogP contribution in [-0.4, -0.2) is 42.9 Å². The van der Waals surface area contributed by atoms with Crippen LogP contribution in [0.4, 0.5) is 8.78 Å². The Hall–Kier alpha value is -0.710. The van der Waals surface area contributed by atoms with Gasteiger partial charge in [-0.1, -0.05) is 12.8 Å². The van der Waals surface area contributed by atoms with Crippen molar-refractivity contribution in [1.82, 2.24) is 10.2 Å². The van der Waals surface area contributed by atoms with Gasteiger partial charge in [-0.15, -0.1) is 0 Å². The van der Waals surface area contributed by atoms with Gasteiger partial charge in [0.15, 0.2) is 0 Å². The molecule has 92 valence electrons. The van der Waals surface area contributed by atoms with Crippen LogP contribution in [0.2, 0.25) is 0 Å². The lowest BCUT2D eigenvalue weighted by atomic mass is 9.98. The van der Waals surface area contributed by atoms with Gasteiger partial charge in [0.25, 0.3) is 5.91 Å². The fourth-order valence-corrected chi connectivity index (χ4v) is 2.54. The fraction of sp³-hybridized carbons (Fsp3) is 0.909. The third-order valence-corrected chi connectivity index (χ3v) is 3.56. The van der Waals surface area contributed by atoms with Crippen LogP contribution >= 0.6 is 0 Å². The summed E-state index contributed by atoms with van der Waals surface area (Å²) in [5.41, 5.74) is 0. The zero-order chi connectivity index (χ0) is 11.6. The summed E-state index contributed by atoms with van der Waals surface area (Å²) in [6.45, 7) is 2.04. The summed E-state index contributed by atoms with van der Waals surface area (Å²) < 4.78 is 27.8. The number of halogens is 2. The van der Waals surface area contributed by atoms with Crippen molar-refractivity contribution in [3.8, 4) is 0 Å². The van der Waals surface area contributed by atoms with E-state index in [1.54, 1.807) is 0 Å². The first-order valence-corrected chi connectivity index (χ1v) is 6.00. The van der Waals surface area contributed by atoms with Crippen LogP contribution in [0, 0.1) is 5.92 Å². The number of carbonyl (C=O) groups is 1. The van der Waals surface area contributed by atoms with Crippen LogP contribution in [0.15, 0.2) is 0 Å². The Bertz CT molecular complexity index is 259. The van der Waals surface area contributed by atoms with Crippen molar-refractivity contribution in [2.24, 2.45) is 5.92 Å². The molecular formula is C11H18F2N2O. The molecule has 0 radical (unpaired) electrons. The Morgan fingerprint density at radius 1 is 1.19 bits per heavy atom. The van der Waals surface area contributed by atoms with Crippen molar-refractivity contribution in [3.05, 3.63) is 0 Å². The van der Waals surface area contributed by atoms with E-state index >= 15 is 0 Å². The number of rotatable bonds is 2. The molecule has 0 unspecified atom stereocenters. The van der Waals surface area contributed by atoms with Gasteiger partial charge in [-0.25, -0.2) is 0 Å². The maximum absolute atomic E-state index is 13.9. The molecule has 1 amide bonds. The molecule has 0 atom stereocenters. The Morgan fingerprint density at radius 2 is 1.75 bits per heavy atom. The van der Waals surface area contributed by atoms with Gasteiger partial charge in [0, 0.05) is 32.1 Å². The largest absolute Gasteiger partial charge is 0.335 e. The maximum Gasteiger partial charge on any atom is 0.327 e. The molecule has 1 aliphatic carbocycles. The van der Waals surface area contributed by atoms with Gasteiger partial charge < -0.3 is 10.2 Å². The molecule has 0 spiro atoms. The first kappa shape index (κ1) is 11.8. The van der Waals surface area contributed by atoms with Crippen molar-refractivity contribution in [3.63, 3.8) is 0 Å². The highest BCUT2D eigenvalue weighted by atomic mass is 19.3. The normalized spacial score (nSPS) is 23.8. The standard InChI is InChI=1S/C11H18F2N2O/c12-11(13,9-3-1-2-4-9)10(16)15-7-5-14-6-8-15/h9,14H,1-8H2. The zero-order valence-electron chi connectivity index (χ0n) is 9.35. The summed E-state index contributed by atoms with van der Waals surface area (Å²) >= 11 is 0. The number of alkyl halides is 2. The third-order valence-electron chi connectivity index (χ3n) is 3.56. The summed E-state index contributed by atoms with van der Waals surface area (Å²) in [7, 11) is 0. The number of carbonyl (C=O) groups excluding carboxylic acids is 1. The van der Waals surface area contributed by atoms with Crippen LogP contribution in [0.25, 0.3) is 0 Å². The minimum absolute atomic E-state index is 0.404. The number of hydrogen-bond donors (Lipinski definition) is 1. The fourth-order valence-electron chi connectivity index (χ4n) is 2.54. The van der Waals surface area contributed by atoms with Crippen LogP contribution in [0.5, 0.6) is 0 Å². The lowest BCUT2D eigenvalue weighted by Crippen LogP contribution is -2.53. The van der Waals surface area contributed by atoms with Crippen LogP contribution in [0.3, 0.4) is 0 Å². The lowest BCUT2D eigenvalue weighted by Gasteiger charge is -2.32. The zero-order valence-corrected chi connectivity index (χ0v) is 9.35. The van der Waals surface area contributed by atoms with Crippen molar-refractivity contribution in [2.45, 2.75) is 31.6 Å². The predicted octanol–water partition coefficient (Wildman–Crippen LogP) is 1.24. The molecule has 2 rings (SSSR count). The second-order valence-electron chi connectivity index (χ2n) is 4.65. The van der Waals surface area contributed by atoms with E-state index in [1.165, 1.54) is 4.90 Å². The average molecular weight is 232 g/mol. The quantitative estimate of drug-likeness (QED) is 0.777. The van der Waals surface area contributed by atoms with Gasteiger partial charge >= 0.3 is 5.92 Å². The van der Waals surface area contributed by atoms with Crippen molar-refractivity contribution in [1.29, 1.82) is 0 Å². The highest BCUT2D eigenvalue weighted by molar-refractivity contribution is 5.84. The molecule has 2 fully saturated rings. The summed E-state index contributed by atoms with van der Waals surface area (Å²) in [6.07, 6.45) is 2.64. The summed E-state index contributed by atoms with van der Waals surface area (Å²) in [6, 6.07) is 0. The van der Waals surface area contributed by atoms with Crippen LogP contribution in [-0.2, 0) is 4.79 Å². The molecule has 2 aliphatic rings. The van der Waals surface area contributed by atoms with Gasteiger partial charge in [0.2, 0.25) is 0 Å². The molecular weight excluding hydrogens is 214 g/mol. The monoisotopic (exact) mass is 232 g/mol. The molecule has 3 nitrogen and oxygen atoms in total. The Labute approximate surface area is 94.2 Å². The van der Waals surface area contributed by atoms with Gasteiger partial charge in [0.1, 0.15) is 0 Å².